The number of hydrogen-bond donors (Lipinski definition) is 0. The zero-order chi connectivity index (χ0) is 59.2. The van der Waals surface area contributed by atoms with Crippen LogP contribution in [0.1, 0.15) is 25.0 Å². The van der Waals surface area contributed by atoms with Gasteiger partial charge in [-0.3, -0.25) is 0 Å². The number of anilines is 3. The molecule has 0 unspecified atom stereocenters. The van der Waals surface area contributed by atoms with Crippen molar-refractivity contribution in [3.63, 3.8) is 0 Å². The van der Waals surface area contributed by atoms with Crippen LogP contribution in [0, 0.1) is 0 Å². The first kappa shape index (κ1) is 52.0. The van der Waals surface area contributed by atoms with Crippen LogP contribution in [0.2, 0.25) is 0 Å². The molecule has 0 bridgehead atoms. The molecule has 418 valence electrons. The number of hydrogen-bond acceptors (Lipinski definition) is 1. The van der Waals surface area contributed by atoms with E-state index in [-0.39, 0.29) is 5.41 Å². The predicted octanol–water partition coefficient (Wildman–Crippen LogP) is 24.0. The van der Waals surface area contributed by atoms with Crippen LogP contribution < -0.4 is 4.90 Å². The van der Waals surface area contributed by atoms with Gasteiger partial charge in [0.1, 0.15) is 0 Å². The second-order valence-corrected chi connectivity index (χ2v) is 24.4. The van der Waals surface area contributed by atoms with E-state index in [1.54, 1.807) is 0 Å². The maximum atomic E-state index is 2.42. The number of rotatable bonds is 10. The molecule has 0 N–H and O–H groups in total. The van der Waals surface area contributed by atoms with Gasteiger partial charge in [0.05, 0.1) is 11.0 Å². The summed E-state index contributed by atoms with van der Waals surface area (Å²) in [5.74, 6) is 0. The molecular weight excluding hydrogens is 1070 g/mol. The lowest BCUT2D eigenvalue weighted by Gasteiger charge is -2.28. The Morgan fingerprint density at radius 2 is 0.663 bits per heavy atom. The van der Waals surface area contributed by atoms with Crippen LogP contribution in [0.25, 0.3) is 138 Å². The summed E-state index contributed by atoms with van der Waals surface area (Å²) >= 11 is 0. The average Bonchev–Trinajstić information content (AvgIpc) is 2.42. The molecule has 17 rings (SSSR count). The summed E-state index contributed by atoms with van der Waals surface area (Å²) in [5, 5.41) is 9.86. The lowest BCUT2D eigenvalue weighted by molar-refractivity contribution is 0.660. The van der Waals surface area contributed by atoms with Crippen LogP contribution >= 0.6 is 0 Å². The summed E-state index contributed by atoms with van der Waals surface area (Å²) in [7, 11) is 0. The Bertz CT molecular complexity index is 5430. The molecule has 2 heteroatoms. The highest BCUT2D eigenvalue weighted by Crippen LogP contribution is 2.52. The van der Waals surface area contributed by atoms with Gasteiger partial charge in [-0.1, -0.05) is 263 Å². The van der Waals surface area contributed by atoms with E-state index >= 15 is 0 Å². The van der Waals surface area contributed by atoms with Crippen LogP contribution in [0.5, 0.6) is 0 Å². The van der Waals surface area contributed by atoms with Crippen molar-refractivity contribution in [3.05, 3.63) is 339 Å². The highest BCUT2D eigenvalue weighted by molar-refractivity contribution is 6.17. The van der Waals surface area contributed by atoms with Gasteiger partial charge in [0.25, 0.3) is 0 Å². The van der Waals surface area contributed by atoms with Crippen molar-refractivity contribution in [1.29, 1.82) is 0 Å². The molecule has 1 aliphatic carbocycles. The molecule has 0 saturated carbocycles. The second-order valence-electron chi connectivity index (χ2n) is 24.4. The maximum Gasteiger partial charge on any atom is 0.0541 e. The van der Waals surface area contributed by atoms with E-state index in [2.05, 4.69) is 351 Å². The lowest BCUT2D eigenvalue weighted by atomic mass is 9.82. The van der Waals surface area contributed by atoms with Crippen molar-refractivity contribution in [2.24, 2.45) is 0 Å². The molecular formula is C87H60N2. The van der Waals surface area contributed by atoms with Gasteiger partial charge in [-0.25, -0.2) is 0 Å². The minimum absolute atomic E-state index is 0.132. The number of benzene rings is 15. The van der Waals surface area contributed by atoms with Gasteiger partial charge in [0.2, 0.25) is 0 Å². The first-order valence-corrected chi connectivity index (χ1v) is 31.0. The molecule has 2 nitrogen and oxygen atoms in total. The first-order valence-electron chi connectivity index (χ1n) is 31.0. The summed E-state index contributed by atoms with van der Waals surface area (Å²) in [4.78, 5) is 2.42. The van der Waals surface area contributed by atoms with Crippen molar-refractivity contribution in [3.8, 4) is 83.6 Å². The normalized spacial score (nSPS) is 12.5. The molecule has 0 saturated heterocycles. The highest BCUT2D eigenvalue weighted by atomic mass is 15.1. The smallest absolute Gasteiger partial charge is 0.0541 e. The van der Waals surface area contributed by atoms with Crippen LogP contribution in [-0.2, 0) is 5.41 Å². The summed E-state index contributed by atoms with van der Waals surface area (Å²) < 4.78 is 2.42. The van der Waals surface area contributed by atoms with Gasteiger partial charge >= 0.3 is 0 Å². The number of aromatic nitrogens is 1. The molecule has 15 aromatic carbocycles. The Balaban J connectivity index is 0.781. The Morgan fingerprint density at radius 3 is 1.35 bits per heavy atom. The Hall–Kier alpha value is -11.3. The summed E-state index contributed by atoms with van der Waals surface area (Å²) in [6.45, 7) is 4.72. The standard InChI is InChI=1S/C87H60N2/c1-87(2)82-36-14-13-31-76(82)77-48-47-69(56-83(77)87)88(67-43-37-58(38-44-67)57-19-5-3-6-20-57)68-45-39-59(40-46-68)63-41-51-84-80(54-63)81-55-64(42-52-85(81)89(84)66-27-7-4-8-28-66)62-25-15-26-65(53-62)72-49-50-75(73-32-16-23-60-21-9-11-29-70(60)73)79-35-18-34-78(86(72)79)74-33-17-24-61-22-10-12-30-71(61)74/h3-56H,1-2H3. The van der Waals surface area contributed by atoms with E-state index in [9.17, 15) is 0 Å². The zero-order valence-corrected chi connectivity index (χ0v) is 49.6. The number of fused-ring (bicyclic) bond motifs is 9. The topological polar surface area (TPSA) is 8.17 Å². The van der Waals surface area contributed by atoms with Crippen molar-refractivity contribution >= 4 is 71.2 Å². The third-order valence-electron chi connectivity index (χ3n) is 19.0. The van der Waals surface area contributed by atoms with Crippen molar-refractivity contribution < 1.29 is 0 Å². The quantitative estimate of drug-likeness (QED) is 0.132. The third-order valence-corrected chi connectivity index (χ3v) is 19.0. The van der Waals surface area contributed by atoms with E-state index in [1.807, 2.05) is 0 Å². The molecule has 0 fully saturated rings. The number of nitrogens with zero attached hydrogens (tertiary/aromatic N) is 2. The summed E-state index contributed by atoms with van der Waals surface area (Å²) in [6, 6.07) is 121. The SMILES string of the molecule is CC1(C)c2ccccc2-c2ccc(N(c3ccc(-c4ccccc4)cc3)c3ccc(-c4ccc5c(c4)c4cc(-c6cccc(-c7ccc(-c8cccc9ccccc89)c8cccc(-c9cccc%10ccccc9%10)c78)c6)ccc4n5-c4ccccc4)cc3)cc21. The Kier molecular flexibility index (Phi) is 12.3. The van der Waals surface area contributed by atoms with Crippen LogP contribution in [0.15, 0.2) is 328 Å². The van der Waals surface area contributed by atoms with Crippen LogP contribution in [0.3, 0.4) is 0 Å². The maximum absolute atomic E-state index is 2.42. The number of para-hydroxylation sites is 1. The summed E-state index contributed by atoms with van der Waals surface area (Å²) in [5.41, 5.74) is 26.4. The second kappa shape index (κ2) is 21.0. The fraction of sp³-hybridized carbons (Fsp3) is 0.0345. The minimum Gasteiger partial charge on any atom is -0.310 e. The van der Waals surface area contributed by atoms with E-state index in [1.165, 1.54) is 138 Å². The Labute approximate surface area is 519 Å². The van der Waals surface area contributed by atoms with Gasteiger partial charge < -0.3 is 9.47 Å². The fourth-order valence-electron chi connectivity index (χ4n) is 14.6. The van der Waals surface area contributed by atoms with E-state index in [4.69, 9.17) is 0 Å². The molecule has 1 aromatic heterocycles. The van der Waals surface area contributed by atoms with E-state index in [0.29, 0.717) is 0 Å². The minimum atomic E-state index is -0.132. The fourth-order valence-corrected chi connectivity index (χ4v) is 14.6. The third kappa shape index (κ3) is 8.70. The van der Waals surface area contributed by atoms with Crippen molar-refractivity contribution in [1.82, 2.24) is 4.57 Å². The summed E-state index contributed by atoms with van der Waals surface area (Å²) in [6.07, 6.45) is 0. The molecule has 16 aromatic rings. The van der Waals surface area contributed by atoms with Crippen LogP contribution in [0.4, 0.5) is 17.1 Å². The van der Waals surface area contributed by atoms with Gasteiger partial charge in [-0.2, -0.15) is 0 Å². The first-order chi connectivity index (χ1) is 43.9. The van der Waals surface area contributed by atoms with Crippen molar-refractivity contribution in [2.75, 3.05) is 4.90 Å². The van der Waals surface area contributed by atoms with Gasteiger partial charge in [-0.15, -0.1) is 0 Å². The largest absolute Gasteiger partial charge is 0.310 e. The van der Waals surface area contributed by atoms with E-state index in [0.717, 1.165) is 28.3 Å². The van der Waals surface area contributed by atoms with Gasteiger partial charge in [0.15, 0.2) is 0 Å². The molecule has 0 radical (unpaired) electrons. The van der Waals surface area contributed by atoms with Gasteiger partial charge in [0, 0.05) is 38.9 Å². The molecule has 0 spiro atoms. The molecule has 1 aliphatic rings. The van der Waals surface area contributed by atoms with E-state index < -0.39 is 0 Å². The average molecular weight is 1130 g/mol. The van der Waals surface area contributed by atoms with Gasteiger partial charge in [-0.05, 0) is 200 Å². The molecule has 0 amide bonds. The lowest BCUT2D eigenvalue weighted by Crippen LogP contribution is -2.16. The molecule has 0 aliphatic heterocycles. The molecule has 0 atom stereocenters. The zero-order valence-electron chi connectivity index (χ0n) is 49.6. The Morgan fingerprint density at radius 1 is 0.247 bits per heavy atom. The molecule has 89 heavy (non-hydrogen) atoms. The monoisotopic (exact) mass is 1130 g/mol. The highest BCUT2D eigenvalue weighted by Gasteiger charge is 2.36. The molecule has 1 heterocycles. The predicted molar refractivity (Wildman–Crippen MR) is 378 cm³/mol. The van der Waals surface area contributed by atoms with Crippen molar-refractivity contribution in [2.45, 2.75) is 19.3 Å². The van der Waals surface area contributed by atoms with Crippen LogP contribution in [-0.4, -0.2) is 4.57 Å².